The van der Waals surface area contributed by atoms with Gasteiger partial charge in [0.05, 0.1) is 0 Å². The van der Waals surface area contributed by atoms with Crippen molar-refractivity contribution in [3.8, 4) is 0 Å². The van der Waals surface area contributed by atoms with Gasteiger partial charge in [-0.05, 0) is 32.8 Å². The molecule has 0 saturated carbocycles. The maximum absolute atomic E-state index is 12.8. The molecule has 1 fully saturated rings. The first-order valence-electron chi connectivity index (χ1n) is 7.58. The van der Waals surface area contributed by atoms with Gasteiger partial charge in [0.1, 0.15) is 11.6 Å². The van der Waals surface area contributed by atoms with Crippen molar-refractivity contribution in [3.63, 3.8) is 0 Å². The van der Waals surface area contributed by atoms with Crippen LogP contribution in [0.25, 0.3) is 0 Å². The second-order valence-electron chi connectivity index (χ2n) is 6.15. The number of rotatable bonds is 4. The van der Waals surface area contributed by atoms with Gasteiger partial charge in [0.25, 0.3) is 0 Å². The lowest BCUT2D eigenvalue weighted by Gasteiger charge is -2.48. The molecular weight excluding hydrogens is 264 g/mol. The Morgan fingerprint density at radius 1 is 1.24 bits per heavy atom. The fourth-order valence-electron chi connectivity index (χ4n) is 3.04. The van der Waals surface area contributed by atoms with Crippen LogP contribution in [0.3, 0.4) is 0 Å². The van der Waals surface area contributed by atoms with Crippen LogP contribution in [0.2, 0.25) is 0 Å². The highest BCUT2D eigenvalue weighted by Crippen LogP contribution is 2.28. The molecule has 2 rings (SSSR count). The summed E-state index contributed by atoms with van der Waals surface area (Å²) in [6.45, 7) is 7.71. The maximum atomic E-state index is 12.8. The number of nitrogens with zero attached hydrogens (tertiary/aromatic N) is 1. The number of carbonyl (C=O) groups is 2. The Hall–Kier alpha value is -1.84. The average Bonchev–Trinajstić information content (AvgIpc) is 2.45. The minimum Gasteiger partial charge on any atom is -0.342 e. The summed E-state index contributed by atoms with van der Waals surface area (Å²) in [4.78, 5) is 27.1. The van der Waals surface area contributed by atoms with Crippen LogP contribution in [0.5, 0.6) is 0 Å². The third-order valence-electron chi connectivity index (χ3n) is 4.35. The summed E-state index contributed by atoms with van der Waals surface area (Å²) in [5.41, 5.74) is 0.304. The van der Waals surface area contributed by atoms with Crippen LogP contribution < -0.4 is 5.32 Å². The molecule has 114 valence electrons. The third-order valence-corrected chi connectivity index (χ3v) is 4.35. The highest BCUT2D eigenvalue weighted by atomic mass is 16.2. The Balaban J connectivity index is 2.27. The zero-order chi connectivity index (χ0) is 15.6. The number of amides is 2. The number of benzene rings is 1. The van der Waals surface area contributed by atoms with E-state index in [2.05, 4.69) is 5.32 Å². The molecule has 4 heteroatoms. The van der Waals surface area contributed by atoms with Gasteiger partial charge < -0.3 is 10.2 Å². The van der Waals surface area contributed by atoms with Crippen LogP contribution in [-0.2, 0) is 16.0 Å². The predicted octanol–water partition coefficient (Wildman–Crippen LogP) is 2.13. The SMILES string of the molecule is CCC1(C)C(=O)NC(Cc2ccccc2)C(=O)N1C(C)C. The summed E-state index contributed by atoms with van der Waals surface area (Å²) in [5, 5.41) is 2.91. The minimum atomic E-state index is -0.752. The second-order valence-corrected chi connectivity index (χ2v) is 6.15. The molecule has 2 atom stereocenters. The minimum absolute atomic E-state index is 0.00627. The fraction of sp³-hybridized carbons (Fsp3) is 0.529. The average molecular weight is 288 g/mol. The van der Waals surface area contributed by atoms with Crippen molar-refractivity contribution >= 4 is 11.8 Å². The topological polar surface area (TPSA) is 49.4 Å². The van der Waals surface area contributed by atoms with E-state index in [0.717, 1.165) is 5.56 Å². The Morgan fingerprint density at radius 3 is 2.38 bits per heavy atom. The first-order chi connectivity index (χ1) is 9.90. The summed E-state index contributed by atoms with van der Waals surface area (Å²) in [6.07, 6.45) is 1.15. The van der Waals surface area contributed by atoms with Crippen molar-refractivity contribution in [2.24, 2.45) is 0 Å². The van der Waals surface area contributed by atoms with Crippen molar-refractivity contribution in [1.82, 2.24) is 10.2 Å². The number of hydrogen-bond acceptors (Lipinski definition) is 2. The monoisotopic (exact) mass is 288 g/mol. The highest BCUT2D eigenvalue weighted by molar-refractivity contribution is 5.99. The van der Waals surface area contributed by atoms with Crippen molar-refractivity contribution in [2.45, 2.75) is 58.2 Å². The molecule has 1 aromatic carbocycles. The molecule has 21 heavy (non-hydrogen) atoms. The van der Waals surface area contributed by atoms with E-state index < -0.39 is 11.6 Å². The molecule has 1 N–H and O–H groups in total. The molecule has 1 saturated heterocycles. The number of nitrogens with one attached hydrogen (secondary N) is 1. The van der Waals surface area contributed by atoms with Gasteiger partial charge in [0, 0.05) is 12.5 Å². The standard InChI is InChI=1S/C17H24N2O2/c1-5-17(4)16(21)18-14(15(20)19(17)12(2)3)11-13-9-7-6-8-10-13/h6-10,12,14H,5,11H2,1-4H3,(H,18,21). The van der Waals surface area contributed by atoms with Crippen LogP contribution in [0.4, 0.5) is 0 Å². The van der Waals surface area contributed by atoms with Crippen molar-refractivity contribution in [2.75, 3.05) is 0 Å². The predicted molar refractivity (Wildman–Crippen MR) is 82.8 cm³/mol. The second kappa shape index (κ2) is 5.88. The van der Waals surface area contributed by atoms with Crippen LogP contribution in [0.1, 0.15) is 39.7 Å². The van der Waals surface area contributed by atoms with Gasteiger partial charge in [0.2, 0.25) is 11.8 Å². The number of carbonyl (C=O) groups excluding carboxylic acids is 2. The molecule has 0 spiro atoms. The van der Waals surface area contributed by atoms with Gasteiger partial charge in [-0.2, -0.15) is 0 Å². The van der Waals surface area contributed by atoms with E-state index in [-0.39, 0.29) is 17.9 Å². The van der Waals surface area contributed by atoms with Gasteiger partial charge in [-0.1, -0.05) is 37.3 Å². The molecule has 1 aromatic rings. The molecule has 1 heterocycles. The molecule has 2 unspecified atom stereocenters. The summed E-state index contributed by atoms with van der Waals surface area (Å²) in [5.74, 6) is -0.0444. The van der Waals surface area contributed by atoms with Crippen LogP contribution >= 0.6 is 0 Å². The largest absolute Gasteiger partial charge is 0.342 e. The lowest BCUT2D eigenvalue weighted by atomic mass is 9.88. The molecule has 2 amide bonds. The normalized spacial score (nSPS) is 26.1. The lowest BCUT2D eigenvalue weighted by Crippen LogP contribution is -2.71. The van der Waals surface area contributed by atoms with Gasteiger partial charge >= 0.3 is 0 Å². The zero-order valence-corrected chi connectivity index (χ0v) is 13.2. The summed E-state index contributed by atoms with van der Waals surface area (Å²) >= 11 is 0. The molecule has 0 radical (unpaired) electrons. The molecule has 0 bridgehead atoms. The Morgan fingerprint density at radius 2 is 1.86 bits per heavy atom. The fourth-order valence-corrected chi connectivity index (χ4v) is 3.04. The zero-order valence-electron chi connectivity index (χ0n) is 13.2. The Labute approximate surface area is 126 Å². The molecule has 0 aromatic heterocycles. The van der Waals surface area contributed by atoms with Gasteiger partial charge in [-0.3, -0.25) is 9.59 Å². The van der Waals surface area contributed by atoms with E-state index in [0.29, 0.717) is 12.8 Å². The number of hydrogen-bond donors (Lipinski definition) is 1. The summed E-state index contributed by atoms with van der Waals surface area (Å²) < 4.78 is 0. The highest BCUT2D eigenvalue weighted by Gasteiger charge is 2.49. The Kier molecular flexibility index (Phi) is 4.35. The van der Waals surface area contributed by atoms with Crippen molar-refractivity contribution in [3.05, 3.63) is 35.9 Å². The first kappa shape index (κ1) is 15.5. The van der Waals surface area contributed by atoms with E-state index in [4.69, 9.17) is 0 Å². The third kappa shape index (κ3) is 2.80. The first-order valence-corrected chi connectivity index (χ1v) is 7.58. The summed E-state index contributed by atoms with van der Waals surface area (Å²) in [6, 6.07) is 9.33. The van der Waals surface area contributed by atoms with E-state index in [9.17, 15) is 9.59 Å². The Bertz CT molecular complexity index is 527. The van der Waals surface area contributed by atoms with Gasteiger partial charge in [-0.15, -0.1) is 0 Å². The smallest absolute Gasteiger partial charge is 0.246 e. The molecule has 1 aliphatic heterocycles. The van der Waals surface area contributed by atoms with Crippen LogP contribution in [0, 0.1) is 0 Å². The van der Waals surface area contributed by atoms with E-state index >= 15 is 0 Å². The molecule has 4 nitrogen and oxygen atoms in total. The van der Waals surface area contributed by atoms with Crippen molar-refractivity contribution < 1.29 is 9.59 Å². The quantitative estimate of drug-likeness (QED) is 0.922. The van der Waals surface area contributed by atoms with E-state index in [1.807, 2.05) is 58.0 Å². The van der Waals surface area contributed by atoms with Crippen molar-refractivity contribution in [1.29, 1.82) is 0 Å². The van der Waals surface area contributed by atoms with E-state index in [1.165, 1.54) is 0 Å². The molecular formula is C17H24N2O2. The summed E-state index contributed by atoms with van der Waals surface area (Å²) in [7, 11) is 0. The lowest BCUT2D eigenvalue weighted by molar-refractivity contribution is -0.159. The van der Waals surface area contributed by atoms with Gasteiger partial charge in [-0.25, -0.2) is 0 Å². The number of piperazine rings is 1. The van der Waals surface area contributed by atoms with Crippen LogP contribution in [-0.4, -0.2) is 34.3 Å². The maximum Gasteiger partial charge on any atom is 0.246 e. The van der Waals surface area contributed by atoms with Crippen LogP contribution in [0.15, 0.2) is 30.3 Å². The molecule has 1 aliphatic rings. The van der Waals surface area contributed by atoms with E-state index in [1.54, 1.807) is 4.90 Å². The molecule has 0 aliphatic carbocycles. The van der Waals surface area contributed by atoms with Gasteiger partial charge in [0.15, 0.2) is 0 Å².